The molecule has 0 unspecified atom stereocenters. The molecule has 0 bridgehead atoms. The maximum Gasteiger partial charge on any atom is 0.204 e. The Hall–Kier alpha value is -1.68. The third-order valence-corrected chi connectivity index (χ3v) is 5.92. The van der Waals surface area contributed by atoms with E-state index in [4.69, 9.17) is 4.79 Å². The summed E-state index contributed by atoms with van der Waals surface area (Å²) in [4.78, 5) is 23.8. The van der Waals surface area contributed by atoms with E-state index >= 15 is 0 Å². The Bertz CT molecular complexity index is 557. The van der Waals surface area contributed by atoms with Gasteiger partial charge in [0.2, 0.25) is 6.41 Å². The van der Waals surface area contributed by atoms with Crippen LogP contribution < -0.4 is 5.73 Å². The summed E-state index contributed by atoms with van der Waals surface area (Å²) in [7, 11) is 0. The lowest BCUT2D eigenvalue weighted by Gasteiger charge is -2.44. The predicted molar refractivity (Wildman–Crippen MR) is 163 cm³/mol. The second kappa shape index (κ2) is 31.4. The van der Waals surface area contributed by atoms with E-state index in [1.165, 1.54) is 70.6 Å². The first-order chi connectivity index (χ1) is 17.2. The first-order valence-corrected chi connectivity index (χ1v) is 14.6. The van der Waals surface area contributed by atoms with Gasteiger partial charge in [0, 0.05) is 5.54 Å². The molecule has 1 aliphatic carbocycles. The van der Waals surface area contributed by atoms with Gasteiger partial charge in [-0.05, 0) is 52.2 Å². The van der Waals surface area contributed by atoms with Gasteiger partial charge in [-0.15, -0.1) is 0 Å². The van der Waals surface area contributed by atoms with Gasteiger partial charge in [-0.3, -0.25) is 14.5 Å². The van der Waals surface area contributed by atoms with Crippen LogP contribution in [0.25, 0.3) is 0 Å². The van der Waals surface area contributed by atoms with Gasteiger partial charge in [0.1, 0.15) is 0 Å². The van der Waals surface area contributed by atoms with E-state index in [-0.39, 0.29) is 17.7 Å². The zero-order chi connectivity index (χ0) is 28.8. The Labute approximate surface area is 226 Å². The molecule has 4 heteroatoms. The van der Waals surface area contributed by atoms with Crippen molar-refractivity contribution in [3.8, 4) is 0 Å². The number of rotatable bonds is 11. The van der Waals surface area contributed by atoms with E-state index in [1.54, 1.807) is 0 Å². The molecule has 1 saturated carbocycles. The number of Topliss-reactive ketones (excluding diaryl/α,β-unsaturated/α-hetero) is 1. The minimum Gasteiger partial charge on any atom is -0.372 e. The van der Waals surface area contributed by atoms with Gasteiger partial charge in [0.05, 0.1) is 6.54 Å². The van der Waals surface area contributed by atoms with Crippen LogP contribution in [0.2, 0.25) is 0 Å². The zero-order valence-corrected chi connectivity index (χ0v) is 26.0. The summed E-state index contributed by atoms with van der Waals surface area (Å²) in [6, 6.07) is 0. The van der Waals surface area contributed by atoms with Gasteiger partial charge < -0.3 is 5.73 Å². The maximum atomic E-state index is 12.7. The summed E-state index contributed by atoms with van der Waals surface area (Å²) in [5.41, 5.74) is 6.30. The average Bonchev–Trinajstić information content (AvgIpc) is 2.89. The molecule has 0 aliphatic heterocycles. The van der Waals surface area contributed by atoms with Crippen LogP contribution in [0.3, 0.4) is 0 Å². The lowest BCUT2D eigenvalue weighted by atomic mass is 9.81. The van der Waals surface area contributed by atoms with Gasteiger partial charge in [-0.1, -0.05) is 130 Å². The van der Waals surface area contributed by atoms with Crippen molar-refractivity contribution >= 4 is 12.2 Å². The van der Waals surface area contributed by atoms with E-state index in [0.717, 1.165) is 17.7 Å². The van der Waals surface area contributed by atoms with Crippen molar-refractivity contribution in [2.75, 3.05) is 13.1 Å². The molecule has 1 rings (SSSR count). The summed E-state index contributed by atoms with van der Waals surface area (Å²) in [5, 5.41) is 0. The van der Waals surface area contributed by atoms with Gasteiger partial charge >= 0.3 is 0 Å². The standard InChI is InChI=1S/C22H37NO.C4H10.C3H8.C2H6.CH3NO/c1-6-8-12-17-23(22(5)15-10-9-11-16-22)18-21(24)20(4)14-13-19(3)7-2;1-3-4-2;1-3-2;1-2;2-1-3/h7,13-14H,2,6,8-12,15-18H2,1,3-5H3;3-4H2,1-2H3;3H2,1-2H3;1-2H3;1H,(H2,2,3)/b19-13-,20-14+;;;;. The highest BCUT2D eigenvalue weighted by molar-refractivity contribution is 5.96. The van der Waals surface area contributed by atoms with Crippen molar-refractivity contribution in [2.45, 2.75) is 145 Å². The fourth-order valence-corrected chi connectivity index (χ4v) is 3.44. The van der Waals surface area contributed by atoms with E-state index in [9.17, 15) is 4.79 Å². The number of allylic oxidation sites excluding steroid dienone is 4. The van der Waals surface area contributed by atoms with Crippen LogP contribution in [-0.4, -0.2) is 35.7 Å². The SMILES string of the molecule is C=C/C(C)=C\C=C(/C)C(=O)CN(CCCCC)C1(C)CCCCC1.CC.CCC.CCCC.NC=O. The van der Waals surface area contributed by atoms with Crippen LogP contribution >= 0.6 is 0 Å². The summed E-state index contributed by atoms with van der Waals surface area (Å²) < 4.78 is 0. The molecular weight excluding hydrogens is 444 g/mol. The number of amides is 1. The van der Waals surface area contributed by atoms with Crippen LogP contribution in [0.15, 0.2) is 36.0 Å². The molecule has 0 spiro atoms. The molecule has 214 valence electrons. The molecular formula is C32H64N2O2. The molecule has 1 fully saturated rings. The van der Waals surface area contributed by atoms with Gasteiger partial charge in [0.25, 0.3) is 0 Å². The quantitative estimate of drug-likeness (QED) is 0.131. The largest absolute Gasteiger partial charge is 0.372 e. The van der Waals surface area contributed by atoms with Gasteiger partial charge in [0.15, 0.2) is 5.78 Å². The van der Waals surface area contributed by atoms with Crippen LogP contribution in [0, 0.1) is 0 Å². The third kappa shape index (κ3) is 25.4. The number of nitrogens with zero attached hydrogens (tertiary/aromatic N) is 1. The van der Waals surface area contributed by atoms with Crippen molar-refractivity contribution in [2.24, 2.45) is 5.73 Å². The van der Waals surface area contributed by atoms with E-state index in [1.807, 2.05) is 45.9 Å². The Morgan fingerprint density at radius 1 is 0.917 bits per heavy atom. The van der Waals surface area contributed by atoms with Crippen LogP contribution in [0.1, 0.15) is 140 Å². The average molecular weight is 509 g/mol. The molecule has 2 N–H and O–H groups in total. The summed E-state index contributed by atoms with van der Waals surface area (Å²) in [6.07, 6.45) is 19.9. The molecule has 0 heterocycles. The fraction of sp³-hybridized carbons (Fsp3) is 0.750. The number of carbonyl (C=O) groups is 2. The molecule has 0 aromatic carbocycles. The lowest BCUT2D eigenvalue weighted by Crippen LogP contribution is -2.50. The third-order valence-electron chi connectivity index (χ3n) is 5.92. The van der Waals surface area contributed by atoms with Crippen molar-refractivity contribution in [1.29, 1.82) is 0 Å². The molecule has 0 radical (unpaired) electrons. The number of primary amides is 1. The summed E-state index contributed by atoms with van der Waals surface area (Å²) >= 11 is 0. The number of nitrogens with two attached hydrogens (primary N) is 1. The lowest BCUT2D eigenvalue weighted by molar-refractivity contribution is -0.118. The van der Waals surface area contributed by atoms with E-state index in [0.29, 0.717) is 6.54 Å². The second-order valence-corrected chi connectivity index (χ2v) is 9.42. The van der Waals surface area contributed by atoms with Crippen molar-refractivity contribution < 1.29 is 9.59 Å². The topological polar surface area (TPSA) is 63.4 Å². The minimum absolute atomic E-state index is 0.203. The highest BCUT2D eigenvalue weighted by Gasteiger charge is 2.34. The molecule has 0 saturated heterocycles. The molecule has 0 aromatic rings. The molecule has 1 aliphatic rings. The van der Waals surface area contributed by atoms with Crippen molar-refractivity contribution in [1.82, 2.24) is 4.90 Å². The second-order valence-electron chi connectivity index (χ2n) is 9.42. The molecule has 4 nitrogen and oxygen atoms in total. The number of ketones is 1. The van der Waals surface area contributed by atoms with Crippen molar-refractivity contribution in [3.63, 3.8) is 0 Å². The van der Waals surface area contributed by atoms with Crippen LogP contribution in [0.5, 0.6) is 0 Å². The van der Waals surface area contributed by atoms with E-state index in [2.05, 4.69) is 58.8 Å². The number of hydrogen-bond donors (Lipinski definition) is 1. The van der Waals surface area contributed by atoms with Gasteiger partial charge in [-0.25, -0.2) is 0 Å². The Morgan fingerprint density at radius 2 is 1.39 bits per heavy atom. The number of hydrogen-bond acceptors (Lipinski definition) is 3. The smallest absolute Gasteiger partial charge is 0.204 e. The number of carbonyl (C=O) groups excluding carboxylic acids is 2. The van der Waals surface area contributed by atoms with Crippen molar-refractivity contribution in [3.05, 3.63) is 36.0 Å². The fourth-order valence-electron chi connectivity index (χ4n) is 3.44. The molecule has 1 amide bonds. The zero-order valence-electron chi connectivity index (χ0n) is 26.0. The highest BCUT2D eigenvalue weighted by atomic mass is 16.1. The Balaban J connectivity index is -0.000000359. The molecule has 0 atom stereocenters. The summed E-state index contributed by atoms with van der Waals surface area (Å²) in [6.45, 7) is 26.5. The van der Waals surface area contributed by atoms with Crippen LogP contribution in [0.4, 0.5) is 0 Å². The molecule has 36 heavy (non-hydrogen) atoms. The summed E-state index contributed by atoms with van der Waals surface area (Å²) in [5.74, 6) is 0.256. The Kier molecular flexibility index (Phi) is 36.1. The van der Waals surface area contributed by atoms with Crippen LogP contribution in [-0.2, 0) is 9.59 Å². The maximum absolute atomic E-state index is 12.7. The first kappa shape index (κ1) is 41.4. The monoisotopic (exact) mass is 508 g/mol. The highest BCUT2D eigenvalue weighted by Crippen LogP contribution is 2.33. The number of unbranched alkanes of at least 4 members (excludes halogenated alkanes) is 3. The molecule has 0 aromatic heterocycles. The van der Waals surface area contributed by atoms with Gasteiger partial charge in [-0.2, -0.15) is 0 Å². The first-order valence-electron chi connectivity index (χ1n) is 14.6. The normalized spacial score (nSPS) is 14.3. The Morgan fingerprint density at radius 3 is 1.78 bits per heavy atom. The van der Waals surface area contributed by atoms with E-state index < -0.39 is 0 Å². The minimum atomic E-state index is 0.203. The predicted octanol–water partition coefficient (Wildman–Crippen LogP) is 9.20.